The number of halogens is 1. The number of carbonyl (C=O) groups excluding carboxylic acids is 1. The standard InChI is InChI=1S/C28H30FN5O4/c1-32(2)9-12-38-25-15-23-21(14-20(25)28(36)33-8-5-18-13-19(29)3-4-22(18)33)31-27(35)24-16-30-26(34(23)24)17-6-10-37-11-7-17/h3-4,13-17H,5-12H2,1-2H3,(H,31,35). The molecule has 4 heterocycles. The van der Waals surface area contributed by atoms with Crippen LogP contribution in [-0.4, -0.2) is 72.2 Å². The van der Waals surface area contributed by atoms with Gasteiger partial charge in [0.15, 0.2) is 0 Å². The number of likely N-dealkylation sites (N-methyl/N-ethyl adjacent to an activating group) is 1. The molecule has 10 heteroatoms. The fourth-order valence-electron chi connectivity index (χ4n) is 5.42. The van der Waals surface area contributed by atoms with Gasteiger partial charge in [0.05, 0.1) is 22.8 Å². The summed E-state index contributed by atoms with van der Waals surface area (Å²) in [5, 5.41) is 0. The topological polar surface area (TPSA) is 92.2 Å². The maximum absolute atomic E-state index is 13.9. The lowest BCUT2D eigenvalue weighted by atomic mass is 9.99. The van der Waals surface area contributed by atoms with Gasteiger partial charge in [0.2, 0.25) is 0 Å². The molecule has 0 saturated carbocycles. The Hall–Kier alpha value is -3.76. The molecule has 0 spiro atoms. The van der Waals surface area contributed by atoms with E-state index in [0.29, 0.717) is 67.4 Å². The second-order valence-electron chi connectivity index (χ2n) is 10.2. The predicted octanol–water partition coefficient (Wildman–Crippen LogP) is 3.35. The molecule has 2 aromatic carbocycles. The fourth-order valence-corrected chi connectivity index (χ4v) is 5.42. The van der Waals surface area contributed by atoms with Gasteiger partial charge in [-0.15, -0.1) is 0 Å². The van der Waals surface area contributed by atoms with Gasteiger partial charge in [0.25, 0.3) is 11.5 Å². The van der Waals surface area contributed by atoms with E-state index >= 15 is 0 Å². The third-order valence-corrected chi connectivity index (χ3v) is 7.40. The number of imidazole rings is 1. The fraction of sp³-hybridized carbons (Fsp3) is 0.393. The van der Waals surface area contributed by atoms with Crippen LogP contribution in [0.3, 0.4) is 0 Å². The number of rotatable bonds is 6. The Bertz CT molecular complexity index is 1590. The summed E-state index contributed by atoms with van der Waals surface area (Å²) in [6.45, 7) is 2.79. The van der Waals surface area contributed by atoms with Crippen molar-refractivity contribution in [1.29, 1.82) is 0 Å². The summed E-state index contributed by atoms with van der Waals surface area (Å²) in [6.07, 6.45) is 3.83. The number of ether oxygens (including phenoxy) is 2. The van der Waals surface area contributed by atoms with Crippen molar-refractivity contribution in [1.82, 2.24) is 19.3 Å². The minimum atomic E-state index is -0.321. The van der Waals surface area contributed by atoms with Crippen molar-refractivity contribution >= 4 is 28.1 Å². The van der Waals surface area contributed by atoms with E-state index in [1.807, 2.05) is 29.5 Å². The summed E-state index contributed by atoms with van der Waals surface area (Å²) in [5.74, 6) is 0.831. The van der Waals surface area contributed by atoms with E-state index in [0.717, 1.165) is 29.7 Å². The molecule has 9 nitrogen and oxygen atoms in total. The number of aromatic nitrogens is 3. The van der Waals surface area contributed by atoms with Crippen LogP contribution in [-0.2, 0) is 11.2 Å². The van der Waals surface area contributed by atoms with Crippen LogP contribution in [0.4, 0.5) is 10.1 Å². The molecule has 2 aliphatic heterocycles. The zero-order valence-electron chi connectivity index (χ0n) is 21.5. The van der Waals surface area contributed by atoms with Gasteiger partial charge in [0, 0.05) is 44.0 Å². The molecule has 2 aromatic heterocycles. The van der Waals surface area contributed by atoms with E-state index in [4.69, 9.17) is 9.47 Å². The Labute approximate surface area is 218 Å². The third-order valence-electron chi connectivity index (χ3n) is 7.40. The molecule has 198 valence electrons. The van der Waals surface area contributed by atoms with E-state index in [1.54, 1.807) is 23.2 Å². The van der Waals surface area contributed by atoms with Crippen LogP contribution in [0.1, 0.15) is 40.5 Å². The molecule has 1 N–H and O–H groups in total. The summed E-state index contributed by atoms with van der Waals surface area (Å²) in [6, 6.07) is 8.00. The van der Waals surface area contributed by atoms with Crippen molar-refractivity contribution in [3.05, 3.63) is 69.7 Å². The van der Waals surface area contributed by atoms with E-state index < -0.39 is 0 Å². The average Bonchev–Trinajstić information content (AvgIpc) is 3.54. The van der Waals surface area contributed by atoms with Gasteiger partial charge in [-0.3, -0.25) is 14.0 Å². The molecule has 1 saturated heterocycles. The van der Waals surface area contributed by atoms with Crippen molar-refractivity contribution in [3.63, 3.8) is 0 Å². The maximum Gasteiger partial charge on any atom is 0.274 e. The first-order chi connectivity index (χ1) is 18.4. The van der Waals surface area contributed by atoms with Crippen LogP contribution in [0.5, 0.6) is 5.75 Å². The van der Waals surface area contributed by atoms with E-state index in [2.05, 4.69) is 9.97 Å². The van der Waals surface area contributed by atoms with Crippen LogP contribution in [0.15, 0.2) is 41.3 Å². The van der Waals surface area contributed by atoms with Crippen LogP contribution in [0.2, 0.25) is 0 Å². The minimum absolute atomic E-state index is 0.164. The Morgan fingerprint density at radius 3 is 2.82 bits per heavy atom. The van der Waals surface area contributed by atoms with Crippen molar-refractivity contribution in [2.24, 2.45) is 0 Å². The summed E-state index contributed by atoms with van der Waals surface area (Å²) in [4.78, 5) is 38.2. The lowest BCUT2D eigenvalue weighted by Crippen LogP contribution is -2.30. The van der Waals surface area contributed by atoms with Gasteiger partial charge in [-0.2, -0.15) is 0 Å². The Kier molecular flexibility index (Phi) is 6.37. The first-order valence-electron chi connectivity index (χ1n) is 12.9. The van der Waals surface area contributed by atoms with E-state index in [9.17, 15) is 14.0 Å². The molecule has 1 fully saturated rings. The highest BCUT2D eigenvalue weighted by Crippen LogP contribution is 2.34. The molecule has 0 radical (unpaired) electrons. The Morgan fingerprint density at radius 1 is 1.21 bits per heavy atom. The van der Waals surface area contributed by atoms with E-state index in [1.165, 1.54) is 12.1 Å². The molecule has 38 heavy (non-hydrogen) atoms. The molecule has 0 unspecified atom stereocenters. The number of amides is 1. The number of anilines is 1. The largest absolute Gasteiger partial charge is 0.491 e. The van der Waals surface area contributed by atoms with Crippen molar-refractivity contribution in [3.8, 4) is 5.75 Å². The number of H-pyrrole nitrogens is 1. The van der Waals surface area contributed by atoms with Crippen molar-refractivity contribution in [2.75, 3.05) is 51.9 Å². The second-order valence-corrected chi connectivity index (χ2v) is 10.2. The van der Waals surface area contributed by atoms with Crippen LogP contribution < -0.4 is 15.2 Å². The van der Waals surface area contributed by atoms with E-state index in [-0.39, 0.29) is 23.2 Å². The molecule has 4 aromatic rings. The Morgan fingerprint density at radius 2 is 2.03 bits per heavy atom. The number of benzene rings is 2. The van der Waals surface area contributed by atoms with Gasteiger partial charge in [-0.1, -0.05) is 0 Å². The van der Waals surface area contributed by atoms with Gasteiger partial charge in [-0.25, -0.2) is 9.37 Å². The first-order valence-corrected chi connectivity index (χ1v) is 12.9. The highest BCUT2D eigenvalue weighted by molar-refractivity contribution is 6.10. The van der Waals surface area contributed by atoms with Gasteiger partial charge >= 0.3 is 0 Å². The molecule has 0 atom stereocenters. The zero-order valence-corrected chi connectivity index (χ0v) is 21.5. The predicted molar refractivity (Wildman–Crippen MR) is 142 cm³/mol. The van der Waals surface area contributed by atoms with Crippen molar-refractivity contribution < 1.29 is 18.7 Å². The highest BCUT2D eigenvalue weighted by Gasteiger charge is 2.29. The summed E-state index contributed by atoms with van der Waals surface area (Å²) >= 11 is 0. The summed E-state index contributed by atoms with van der Waals surface area (Å²) in [5.41, 5.74) is 3.25. The normalized spacial score (nSPS) is 16.1. The number of hydrogen-bond donors (Lipinski definition) is 1. The Balaban J connectivity index is 1.49. The number of aromatic amines is 1. The van der Waals surface area contributed by atoms with Crippen LogP contribution >= 0.6 is 0 Å². The molecule has 0 bridgehead atoms. The molecular formula is C28H30FN5O4. The zero-order chi connectivity index (χ0) is 26.4. The third kappa shape index (κ3) is 4.33. The van der Waals surface area contributed by atoms with Crippen LogP contribution in [0, 0.1) is 5.82 Å². The molecule has 6 rings (SSSR count). The smallest absolute Gasteiger partial charge is 0.274 e. The molecular weight excluding hydrogens is 489 g/mol. The van der Waals surface area contributed by atoms with Gasteiger partial charge < -0.3 is 24.3 Å². The highest BCUT2D eigenvalue weighted by atomic mass is 19.1. The average molecular weight is 520 g/mol. The molecule has 0 aliphatic carbocycles. The quantitative estimate of drug-likeness (QED) is 0.420. The second kappa shape index (κ2) is 9.85. The number of fused-ring (bicyclic) bond motifs is 4. The van der Waals surface area contributed by atoms with Gasteiger partial charge in [-0.05, 0) is 63.2 Å². The molecule has 2 aliphatic rings. The summed E-state index contributed by atoms with van der Waals surface area (Å²) < 4.78 is 27.4. The minimum Gasteiger partial charge on any atom is -0.491 e. The SMILES string of the molecule is CN(C)CCOc1cc2c(cc1C(=O)N1CCc3cc(F)ccc31)[nH]c(=O)c1cnc(C3CCOCC3)n12. The monoisotopic (exact) mass is 519 g/mol. The number of nitrogens with one attached hydrogen (secondary N) is 1. The number of hydrogen-bond acceptors (Lipinski definition) is 6. The summed E-state index contributed by atoms with van der Waals surface area (Å²) in [7, 11) is 3.91. The van der Waals surface area contributed by atoms with Crippen LogP contribution in [0.25, 0.3) is 16.6 Å². The number of nitrogens with zero attached hydrogens (tertiary/aromatic N) is 4. The number of carbonyl (C=O) groups is 1. The lowest BCUT2D eigenvalue weighted by molar-refractivity contribution is 0.0835. The van der Waals surface area contributed by atoms with Gasteiger partial charge in [0.1, 0.15) is 29.5 Å². The molecule has 1 amide bonds. The van der Waals surface area contributed by atoms with Crippen molar-refractivity contribution in [2.45, 2.75) is 25.2 Å². The first kappa shape index (κ1) is 24.6. The maximum atomic E-state index is 13.9. The lowest BCUT2D eigenvalue weighted by Gasteiger charge is -2.22.